The van der Waals surface area contributed by atoms with Crippen molar-refractivity contribution in [3.63, 3.8) is 0 Å². The zero-order chi connectivity index (χ0) is 11.7. The van der Waals surface area contributed by atoms with Gasteiger partial charge in [-0.1, -0.05) is 0 Å². The summed E-state index contributed by atoms with van der Waals surface area (Å²) < 4.78 is 4.93. The smallest absolute Gasteiger partial charge is 0.339 e. The maximum atomic E-state index is 10.9. The molecule has 1 heterocycles. The van der Waals surface area contributed by atoms with Crippen molar-refractivity contribution in [1.29, 1.82) is 0 Å². The third-order valence-corrected chi connectivity index (χ3v) is 2.17. The van der Waals surface area contributed by atoms with E-state index in [9.17, 15) is 9.90 Å². The average molecular weight is 220 g/mol. The van der Waals surface area contributed by atoms with Crippen LogP contribution in [0.5, 0.6) is 11.6 Å². The molecule has 1 aromatic heterocycles. The van der Waals surface area contributed by atoms with Gasteiger partial charge in [0.05, 0.1) is 18.0 Å². The summed E-state index contributed by atoms with van der Waals surface area (Å²) in [6.07, 6.45) is 1.19. The third kappa shape index (κ3) is 1.50. The molecular weight excluding hydrogens is 212 g/mol. The van der Waals surface area contributed by atoms with E-state index in [4.69, 9.17) is 9.84 Å². The van der Waals surface area contributed by atoms with Crippen molar-refractivity contribution in [3.05, 3.63) is 24.0 Å². The molecule has 0 aliphatic rings. The van der Waals surface area contributed by atoms with Crippen molar-refractivity contribution < 1.29 is 19.7 Å². The first kappa shape index (κ1) is 10.2. The summed E-state index contributed by atoms with van der Waals surface area (Å²) in [4.78, 5) is 18.4. The van der Waals surface area contributed by atoms with E-state index in [0.29, 0.717) is 5.52 Å². The van der Waals surface area contributed by atoms with Crippen LogP contribution >= 0.6 is 0 Å². The Morgan fingerprint density at radius 1 is 1.38 bits per heavy atom. The number of rotatable bonds is 2. The number of aromatic hydroxyl groups is 1. The number of nitrogens with zero attached hydrogens (tertiary/aromatic N) is 2. The predicted octanol–water partition coefficient (Wildman–Crippen LogP) is 1.04. The summed E-state index contributed by atoms with van der Waals surface area (Å²) in [6, 6.07) is 2.73. The fraction of sp³-hybridized carbons (Fsp3) is 0.100. The molecule has 6 heteroatoms. The summed E-state index contributed by atoms with van der Waals surface area (Å²) in [6.45, 7) is 0. The standard InChI is InChI=1S/C10H8N2O4/c1-16-8-3-7-5(2-6(8)10(14)15)9(13)12-4-11-7/h2-4H,1H3,(H,14,15)(H,11,12,13). The van der Waals surface area contributed by atoms with Crippen LogP contribution in [0.15, 0.2) is 18.5 Å². The number of benzene rings is 1. The van der Waals surface area contributed by atoms with E-state index < -0.39 is 5.97 Å². The summed E-state index contributed by atoms with van der Waals surface area (Å²) in [5.41, 5.74) is 0.384. The molecule has 82 valence electrons. The largest absolute Gasteiger partial charge is 0.496 e. The van der Waals surface area contributed by atoms with Crippen LogP contribution in [0.4, 0.5) is 0 Å². The summed E-state index contributed by atoms with van der Waals surface area (Å²) in [5.74, 6) is -1.20. The molecule has 0 bridgehead atoms. The molecule has 2 aromatic rings. The van der Waals surface area contributed by atoms with Crippen molar-refractivity contribution in [2.24, 2.45) is 0 Å². The molecule has 0 saturated heterocycles. The second kappa shape index (κ2) is 3.65. The number of carboxylic acids is 1. The third-order valence-electron chi connectivity index (χ3n) is 2.17. The first-order valence-corrected chi connectivity index (χ1v) is 4.38. The lowest BCUT2D eigenvalue weighted by Crippen LogP contribution is -2.01. The highest BCUT2D eigenvalue weighted by atomic mass is 16.5. The van der Waals surface area contributed by atoms with E-state index in [1.807, 2.05) is 0 Å². The number of carbonyl (C=O) groups is 1. The first-order chi connectivity index (χ1) is 7.63. The molecule has 2 N–H and O–H groups in total. The van der Waals surface area contributed by atoms with E-state index in [0.717, 1.165) is 0 Å². The predicted molar refractivity (Wildman–Crippen MR) is 54.7 cm³/mol. The number of ether oxygens (including phenoxy) is 1. The lowest BCUT2D eigenvalue weighted by molar-refractivity contribution is 0.0693. The Kier molecular flexibility index (Phi) is 2.32. The minimum Gasteiger partial charge on any atom is -0.496 e. The van der Waals surface area contributed by atoms with Crippen LogP contribution in [0, 0.1) is 0 Å². The molecule has 6 nitrogen and oxygen atoms in total. The molecule has 0 atom stereocenters. The van der Waals surface area contributed by atoms with Gasteiger partial charge in [-0.25, -0.2) is 14.8 Å². The Balaban J connectivity index is 2.81. The molecule has 0 unspecified atom stereocenters. The van der Waals surface area contributed by atoms with Crippen LogP contribution in [-0.2, 0) is 0 Å². The Bertz CT molecular complexity index is 568. The van der Waals surface area contributed by atoms with Crippen LogP contribution in [0.2, 0.25) is 0 Å². The molecular formula is C10H8N2O4. The van der Waals surface area contributed by atoms with Crippen molar-refractivity contribution in [2.75, 3.05) is 7.11 Å². The topological polar surface area (TPSA) is 92.5 Å². The normalized spacial score (nSPS) is 10.3. The zero-order valence-corrected chi connectivity index (χ0v) is 8.34. The van der Waals surface area contributed by atoms with Crippen LogP contribution < -0.4 is 4.74 Å². The van der Waals surface area contributed by atoms with Crippen LogP contribution in [0.3, 0.4) is 0 Å². The molecule has 16 heavy (non-hydrogen) atoms. The zero-order valence-electron chi connectivity index (χ0n) is 8.34. The van der Waals surface area contributed by atoms with Gasteiger partial charge in [0.25, 0.3) is 0 Å². The van der Waals surface area contributed by atoms with E-state index in [1.54, 1.807) is 0 Å². The fourth-order valence-electron chi connectivity index (χ4n) is 1.41. The second-order valence-corrected chi connectivity index (χ2v) is 3.07. The van der Waals surface area contributed by atoms with E-state index in [2.05, 4.69) is 9.97 Å². The number of fused-ring (bicyclic) bond motifs is 1. The summed E-state index contributed by atoms with van der Waals surface area (Å²) >= 11 is 0. The number of methoxy groups -OCH3 is 1. The maximum absolute atomic E-state index is 10.9. The Morgan fingerprint density at radius 3 is 2.75 bits per heavy atom. The van der Waals surface area contributed by atoms with Gasteiger partial charge >= 0.3 is 5.97 Å². The second-order valence-electron chi connectivity index (χ2n) is 3.07. The van der Waals surface area contributed by atoms with E-state index >= 15 is 0 Å². The molecule has 0 amide bonds. The average Bonchev–Trinajstić information content (AvgIpc) is 2.27. The van der Waals surface area contributed by atoms with Crippen LogP contribution in [-0.4, -0.2) is 33.3 Å². The fourth-order valence-corrected chi connectivity index (χ4v) is 1.41. The van der Waals surface area contributed by atoms with Crippen LogP contribution in [0.25, 0.3) is 10.9 Å². The molecule has 0 spiro atoms. The molecule has 2 rings (SSSR count). The summed E-state index contributed by atoms with van der Waals surface area (Å²) in [5, 5.41) is 18.7. The Labute approximate surface area is 90.1 Å². The first-order valence-electron chi connectivity index (χ1n) is 4.38. The van der Waals surface area contributed by atoms with Crippen molar-refractivity contribution in [2.45, 2.75) is 0 Å². The molecule has 0 radical (unpaired) electrons. The molecule has 1 aromatic carbocycles. The van der Waals surface area contributed by atoms with Gasteiger partial charge < -0.3 is 14.9 Å². The lowest BCUT2D eigenvalue weighted by atomic mass is 10.1. The van der Waals surface area contributed by atoms with Crippen molar-refractivity contribution in [3.8, 4) is 11.6 Å². The SMILES string of the molecule is COc1cc2ncnc(O)c2cc1C(=O)O. The molecule has 0 aliphatic carbocycles. The van der Waals surface area contributed by atoms with Crippen LogP contribution in [0.1, 0.15) is 10.4 Å². The quantitative estimate of drug-likeness (QED) is 0.785. The van der Waals surface area contributed by atoms with Gasteiger partial charge in [-0.15, -0.1) is 0 Å². The number of aromatic nitrogens is 2. The highest BCUT2D eigenvalue weighted by Crippen LogP contribution is 2.28. The molecule has 0 fully saturated rings. The van der Waals surface area contributed by atoms with Crippen molar-refractivity contribution in [1.82, 2.24) is 9.97 Å². The van der Waals surface area contributed by atoms with Crippen molar-refractivity contribution >= 4 is 16.9 Å². The monoisotopic (exact) mass is 220 g/mol. The Hall–Kier alpha value is -2.37. The van der Waals surface area contributed by atoms with Gasteiger partial charge in [0, 0.05) is 6.07 Å². The minimum absolute atomic E-state index is 0.0416. The van der Waals surface area contributed by atoms with E-state index in [-0.39, 0.29) is 22.6 Å². The van der Waals surface area contributed by atoms with Gasteiger partial charge in [-0.3, -0.25) is 0 Å². The Morgan fingerprint density at radius 2 is 2.12 bits per heavy atom. The van der Waals surface area contributed by atoms with Gasteiger partial charge in [0.2, 0.25) is 5.88 Å². The highest BCUT2D eigenvalue weighted by molar-refractivity contribution is 5.97. The minimum atomic E-state index is -1.14. The number of carboxylic acid groups (broad SMARTS) is 1. The maximum Gasteiger partial charge on any atom is 0.339 e. The lowest BCUT2D eigenvalue weighted by Gasteiger charge is -2.06. The van der Waals surface area contributed by atoms with Gasteiger partial charge in [0.15, 0.2) is 0 Å². The van der Waals surface area contributed by atoms with Gasteiger partial charge in [-0.2, -0.15) is 0 Å². The highest BCUT2D eigenvalue weighted by Gasteiger charge is 2.14. The molecule has 0 aliphatic heterocycles. The van der Waals surface area contributed by atoms with Gasteiger partial charge in [-0.05, 0) is 6.07 Å². The van der Waals surface area contributed by atoms with Gasteiger partial charge in [0.1, 0.15) is 17.6 Å². The molecule has 0 saturated carbocycles. The van der Waals surface area contributed by atoms with E-state index in [1.165, 1.54) is 25.6 Å². The number of aromatic carboxylic acids is 1. The number of hydrogen-bond donors (Lipinski definition) is 2. The number of hydrogen-bond acceptors (Lipinski definition) is 5. The summed E-state index contributed by atoms with van der Waals surface area (Å²) in [7, 11) is 1.37.